The third-order valence-corrected chi connectivity index (χ3v) is 3.97. The van der Waals surface area contributed by atoms with Gasteiger partial charge in [-0.3, -0.25) is 0 Å². The number of anilines is 1. The maximum Gasteiger partial charge on any atom is 0.134 e. The van der Waals surface area contributed by atoms with Crippen LogP contribution in [0.25, 0.3) is 10.9 Å². The second-order valence-electron chi connectivity index (χ2n) is 5.17. The van der Waals surface area contributed by atoms with Crippen molar-refractivity contribution in [2.24, 2.45) is 0 Å². The Hall–Kier alpha value is -2.26. The fourth-order valence-electron chi connectivity index (χ4n) is 2.40. The molecule has 1 heterocycles. The Morgan fingerprint density at radius 1 is 1.14 bits per heavy atom. The number of nitrogens with zero attached hydrogens (tertiary/aromatic N) is 1. The Morgan fingerprint density at radius 3 is 2.64 bits per heavy atom. The third-order valence-electron chi connectivity index (χ3n) is 3.65. The number of fused-ring (bicyclic) bond motifs is 1. The van der Waals surface area contributed by atoms with E-state index >= 15 is 0 Å². The van der Waals surface area contributed by atoms with E-state index in [-0.39, 0.29) is 0 Å². The van der Waals surface area contributed by atoms with Crippen molar-refractivity contribution in [2.45, 2.75) is 13.5 Å². The number of halogens is 1. The molecule has 0 saturated heterocycles. The monoisotopic (exact) mass is 312 g/mol. The van der Waals surface area contributed by atoms with Gasteiger partial charge in [0.05, 0.1) is 12.6 Å². The van der Waals surface area contributed by atoms with Gasteiger partial charge < -0.3 is 10.1 Å². The minimum Gasteiger partial charge on any atom is -0.497 e. The number of ether oxygens (including phenoxy) is 1. The second-order valence-corrected chi connectivity index (χ2v) is 5.53. The minimum absolute atomic E-state index is 0.544. The highest BCUT2D eigenvalue weighted by molar-refractivity contribution is 6.30. The smallest absolute Gasteiger partial charge is 0.134 e. The average Bonchev–Trinajstić information content (AvgIpc) is 2.54. The van der Waals surface area contributed by atoms with Gasteiger partial charge in [-0.1, -0.05) is 29.8 Å². The molecule has 0 aliphatic heterocycles. The first-order valence-electron chi connectivity index (χ1n) is 7.10. The molecule has 3 rings (SSSR count). The summed E-state index contributed by atoms with van der Waals surface area (Å²) in [6.07, 6.45) is 0. The SMILES string of the molecule is COc1ccc(NCc2cc3cccc(C)c3nc2Cl)cc1. The van der Waals surface area contributed by atoms with Gasteiger partial charge in [0, 0.05) is 23.2 Å². The molecule has 0 radical (unpaired) electrons. The number of rotatable bonds is 4. The standard InChI is InChI=1S/C18H17ClN2O/c1-12-4-3-5-13-10-14(18(19)21-17(12)13)11-20-15-6-8-16(22-2)9-7-15/h3-10,20H,11H2,1-2H3. The fraction of sp³-hybridized carbons (Fsp3) is 0.167. The summed E-state index contributed by atoms with van der Waals surface area (Å²) in [4.78, 5) is 4.52. The Bertz CT molecular complexity index is 800. The number of pyridine rings is 1. The lowest BCUT2D eigenvalue weighted by Crippen LogP contribution is -2.01. The fourth-order valence-corrected chi connectivity index (χ4v) is 2.60. The van der Waals surface area contributed by atoms with Crippen molar-refractivity contribution in [3.05, 3.63) is 64.8 Å². The summed E-state index contributed by atoms with van der Waals surface area (Å²) in [6, 6.07) is 16.0. The highest BCUT2D eigenvalue weighted by atomic mass is 35.5. The van der Waals surface area contributed by atoms with Gasteiger partial charge >= 0.3 is 0 Å². The van der Waals surface area contributed by atoms with Gasteiger partial charge in [-0.2, -0.15) is 0 Å². The molecule has 0 aliphatic rings. The van der Waals surface area contributed by atoms with E-state index in [1.165, 1.54) is 0 Å². The van der Waals surface area contributed by atoms with E-state index < -0.39 is 0 Å². The number of hydrogen-bond donors (Lipinski definition) is 1. The molecule has 4 heteroatoms. The summed E-state index contributed by atoms with van der Waals surface area (Å²) in [5.41, 5.74) is 4.09. The van der Waals surface area contributed by atoms with Crippen molar-refractivity contribution in [1.82, 2.24) is 4.98 Å². The van der Waals surface area contributed by atoms with Crippen LogP contribution in [0.2, 0.25) is 5.15 Å². The van der Waals surface area contributed by atoms with E-state index in [0.717, 1.165) is 33.5 Å². The van der Waals surface area contributed by atoms with Gasteiger partial charge in [0.25, 0.3) is 0 Å². The number of nitrogens with one attached hydrogen (secondary N) is 1. The molecule has 2 aromatic carbocycles. The first kappa shape index (κ1) is 14.7. The Morgan fingerprint density at radius 2 is 1.91 bits per heavy atom. The molecular formula is C18H17ClN2O. The Balaban J connectivity index is 1.82. The van der Waals surface area contributed by atoms with E-state index in [1.807, 2.05) is 43.3 Å². The van der Waals surface area contributed by atoms with Crippen LogP contribution < -0.4 is 10.1 Å². The molecule has 0 unspecified atom stereocenters. The van der Waals surface area contributed by atoms with Crippen LogP contribution in [0.4, 0.5) is 5.69 Å². The molecule has 1 aromatic heterocycles. The number of aromatic nitrogens is 1. The first-order chi connectivity index (χ1) is 10.7. The zero-order valence-corrected chi connectivity index (χ0v) is 13.3. The third kappa shape index (κ3) is 3.00. The van der Waals surface area contributed by atoms with E-state index in [9.17, 15) is 0 Å². The number of para-hydroxylation sites is 1. The van der Waals surface area contributed by atoms with Crippen molar-refractivity contribution in [3.63, 3.8) is 0 Å². The maximum absolute atomic E-state index is 6.32. The summed E-state index contributed by atoms with van der Waals surface area (Å²) in [6.45, 7) is 2.67. The summed E-state index contributed by atoms with van der Waals surface area (Å²) in [5.74, 6) is 0.839. The molecule has 0 atom stereocenters. The molecule has 1 N–H and O–H groups in total. The highest BCUT2D eigenvalue weighted by Gasteiger charge is 2.06. The minimum atomic E-state index is 0.544. The molecule has 0 aliphatic carbocycles. The molecule has 112 valence electrons. The van der Waals surface area contributed by atoms with Crippen molar-refractivity contribution in [2.75, 3.05) is 12.4 Å². The maximum atomic E-state index is 6.32. The predicted molar refractivity (Wildman–Crippen MR) is 91.8 cm³/mol. The molecule has 0 spiro atoms. The van der Waals surface area contributed by atoms with Crippen molar-refractivity contribution in [1.29, 1.82) is 0 Å². The van der Waals surface area contributed by atoms with Gasteiger partial charge in [0.15, 0.2) is 0 Å². The molecule has 3 nitrogen and oxygen atoms in total. The highest BCUT2D eigenvalue weighted by Crippen LogP contribution is 2.24. The molecule has 0 fully saturated rings. The zero-order chi connectivity index (χ0) is 15.5. The summed E-state index contributed by atoms with van der Waals surface area (Å²) in [7, 11) is 1.66. The van der Waals surface area contributed by atoms with E-state index in [4.69, 9.17) is 16.3 Å². The average molecular weight is 313 g/mol. The number of aryl methyl sites for hydroxylation is 1. The molecule has 22 heavy (non-hydrogen) atoms. The van der Waals surface area contributed by atoms with Crippen LogP contribution in [-0.4, -0.2) is 12.1 Å². The van der Waals surface area contributed by atoms with E-state index in [1.54, 1.807) is 7.11 Å². The van der Waals surface area contributed by atoms with Crippen LogP contribution in [0, 0.1) is 6.92 Å². The van der Waals surface area contributed by atoms with Crippen LogP contribution in [0.5, 0.6) is 5.75 Å². The number of benzene rings is 2. The lowest BCUT2D eigenvalue weighted by molar-refractivity contribution is 0.415. The Labute approximate surface area is 134 Å². The topological polar surface area (TPSA) is 34.1 Å². The van der Waals surface area contributed by atoms with E-state index in [0.29, 0.717) is 11.7 Å². The van der Waals surface area contributed by atoms with Gasteiger partial charge in [-0.25, -0.2) is 4.98 Å². The number of hydrogen-bond acceptors (Lipinski definition) is 3. The zero-order valence-electron chi connectivity index (χ0n) is 12.6. The normalized spacial score (nSPS) is 10.7. The predicted octanol–water partition coefficient (Wildman–Crippen LogP) is 4.82. The Kier molecular flexibility index (Phi) is 4.16. The van der Waals surface area contributed by atoms with Gasteiger partial charge in [-0.05, 0) is 42.8 Å². The van der Waals surface area contributed by atoms with E-state index in [2.05, 4.69) is 22.4 Å². The van der Waals surface area contributed by atoms with Crippen LogP contribution in [0.15, 0.2) is 48.5 Å². The van der Waals surface area contributed by atoms with Crippen molar-refractivity contribution < 1.29 is 4.74 Å². The number of methoxy groups -OCH3 is 1. The molecule has 0 saturated carbocycles. The molecule has 0 amide bonds. The quantitative estimate of drug-likeness (QED) is 0.701. The van der Waals surface area contributed by atoms with Gasteiger partial charge in [-0.15, -0.1) is 0 Å². The summed E-state index contributed by atoms with van der Waals surface area (Å²) < 4.78 is 5.15. The van der Waals surface area contributed by atoms with Crippen LogP contribution in [0.3, 0.4) is 0 Å². The van der Waals surface area contributed by atoms with Crippen molar-refractivity contribution >= 4 is 28.2 Å². The molecular weight excluding hydrogens is 296 g/mol. The first-order valence-corrected chi connectivity index (χ1v) is 7.48. The molecule has 3 aromatic rings. The van der Waals surface area contributed by atoms with Gasteiger partial charge in [0.1, 0.15) is 10.9 Å². The lowest BCUT2D eigenvalue weighted by Gasteiger charge is -2.10. The largest absolute Gasteiger partial charge is 0.497 e. The van der Waals surface area contributed by atoms with Crippen molar-refractivity contribution in [3.8, 4) is 5.75 Å². The van der Waals surface area contributed by atoms with Crippen LogP contribution in [-0.2, 0) is 6.54 Å². The molecule has 0 bridgehead atoms. The summed E-state index contributed by atoms with van der Waals surface area (Å²) >= 11 is 6.32. The second kappa shape index (κ2) is 6.24. The van der Waals surface area contributed by atoms with Crippen LogP contribution in [0.1, 0.15) is 11.1 Å². The lowest BCUT2D eigenvalue weighted by atomic mass is 10.1. The van der Waals surface area contributed by atoms with Crippen LogP contribution >= 0.6 is 11.6 Å². The summed E-state index contributed by atoms with van der Waals surface area (Å²) in [5, 5.41) is 5.00. The van der Waals surface area contributed by atoms with Gasteiger partial charge in [0.2, 0.25) is 0 Å².